The van der Waals surface area contributed by atoms with Gasteiger partial charge in [-0.25, -0.2) is 9.67 Å². The summed E-state index contributed by atoms with van der Waals surface area (Å²) in [4.78, 5) is 19.5. The van der Waals surface area contributed by atoms with Crippen LogP contribution in [0.15, 0.2) is 36.5 Å². The Morgan fingerprint density at radius 2 is 2.00 bits per heavy atom. The minimum Gasteiger partial charge on any atom is -0.336 e. The van der Waals surface area contributed by atoms with Gasteiger partial charge in [0.1, 0.15) is 0 Å². The number of pyridine rings is 1. The van der Waals surface area contributed by atoms with Crippen LogP contribution in [0.1, 0.15) is 42.2 Å². The number of nitrogens with zero attached hydrogens (tertiary/aromatic N) is 4. The number of aromatic nitrogens is 3. The van der Waals surface area contributed by atoms with Gasteiger partial charge in [0.2, 0.25) is 0 Å². The highest BCUT2D eigenvalue weighted by atomic mass is 35.5. The second kappa shape index (κ2) is 6.72. The Kier molecular flexibility index (Phi) is 4.41. The highest BCUT2D eigenvalue weighted by molar-refractivity contribution is 6.38. The van der Waals surface area contributed by atoms with Gasteiger partial charge in [0.25, 0.3) is 5.91 Å². The van der Waals surface area contributed by atoms with Gasteiger partial charge in [-0.3, -0.25) is 4.79 Å². The van der Waals surface area contributed by atoms with E-state index in [4.69, 9.17) is 11.6 Å². The molecule has 4 rings (SSSR count). The Morgan fingerprint density at radius 3 is 2.73 bits per heavy atom. The summed E-state index contributed by atoms with van der Waals surface area (Å²) in [5.41, 5.74) is 2.81. The van der Waals surface area contributed by atoms with Gasteiger partial charge < -0.3 is 4.90 Å². The van der Waals surface area contributed by atoms with Crippen LogP contribution < -0.4 is 0 Å². The predicted octanol–water partition coefficient (Wildman–Crippen LogP) is 4.40. The third kappa shape index (κ3) is 2.76. The lowest BCUT2D eigenvalue weighted by molar-refractivity contribution is 0.0635. The van der Waals surface area contributed by atoms with Crippen LogP contribution in [-0.4, -0.2) is 38.2 Å². The fourth-order valence-electron chi connectivity index (χ4n) is 3.66. The van der Waals surface area contributed by atoms with Gasteiger partial charge in [0.15, 0.2) is 5.65 Å². The van der Waals surface area contributed by atoms with Crippen LogP contribution in [-0.2, 0) is 0 Å². The van der Waals surface area contributed by atoms with E-state index in [1.165, 1.54) is 6.42 Å². The SMILES string of the molecule is Cc1nn(-c2ccccc2)c2ncc(C(=O)N3CCCC[C@H]3C)c(Cl)c12. The molecule has 2 aromatic heterocycles. The highest BCUT2D eigenvalue weighted by Crippen LogP contribution is 2.31. The molecule has 0 aliphatic carbocycles. The number of hydrogen-bond donors (Lipinski definition) is 0. The molecule has 0 unspecified atom stereocenters. The lowest BCUT2D eigenvalue weighted by atomic mass is 10.0. The monoisotopic (exact) mass is 368 g/mol. The average Bonchev–Trinajstić information content (AvgIpc) is 3.00. The van der Waals surface area contributed by atoms with Crippen molar-refractivity contribution in [3.8, 4) is 5.69 Å². The highest BCUT2D eigenvalue weighted by Gasteiger charge is 2.27. The minimum absolute atomic E-state index is 0.0385. The fraction of sp³-hybridized carbons (Fsp3) is 0.350. The molecule has 1 aromatic carbocycles. The van der Waals surface area contributed by atoms with E-state index in [0.29, 0.717) is 16.2 Å². The van der Waals surface area contributed by atoms with E-state index in [9.17, 15) is 4.79 Å². The summed E-state index contributed by atoms with van der Waals surface area (Å²) in [5, 5.41) is 5.78. The molecule has 1 saturated heterocycles. The second-order valence-corrected chi connectivity index (χ2v) is 7.24. The lowest BCUT2D eigenvalue weighted by Crippen LogP contribution is -2.42. The summed E-state index contributed by atoms with van der Waals surface area (Å²) in [6.45, 7) is 4.76. The molecule has 0 bridgehead atoms. The van der Waals surface area contributed by atoms with Crippen LogP contribution in [0.2, 0.25) is 5.02 Å². The molecule has 26 heavy (non-hydrogen) atoms. The largest absolute Gasteiger partial charge is 0.336 e. The van der Waals surface area contributed by atoms with Crippen molar-refractivity contribution in [2.75, 3.05) is 6.54 Å². The number of piperidine rings is 1. The van der Waals surface area contributed by atoms with Crippen molar-refractivity contribution in [1.82, 2.24) is 19.7 Å². The number of hydrogen-bond acceptors (Lipinski definition) is 3. The number of benzene rings is 1. The topological polar surface area (TPSA) is 51.0 Å². The summed E-state index contributed by atoms with van der Waals surface area (Å²) in [6, 6.07) is 10.0. The Labute approximate surface area is 157 Å². The van der Waals surface area contributed by atoms with E-state index in [1.54, 1.807) is 10.9 Å². The molecular weight excluding hydrogens is 348 g/mol. The molecule has 0 saturated carbocycles. The summed E-state index contributed by atoms with van der Waals surface area (Å²) >= 11 is 6.67. The Hall–Kier alpha value is -2.40. The molecule has 6 heteroatoms. The zero-order valence-electron chi connectivity index (χ0n) is 14.9. The van der Waals surface area contributed by atoms with Crippen molar-refractivity contribution in [3.63, 3.8) is 0 Å². The zero-order chi connectivity index (χ0) is 18.3. The zero-order valence-corrected chi connectivity index (χ0v) is 15.7. The third-order valence-corrected chi connectivity index (χ3v) is 5.50. The van der Waals surface area contributed by atoms with E-state index in [0.717, 1.165) is 36.2 Å². The van der Waals surface area contributed by atoms with Gasteiger partial charge in [-0.1, -0.05) is 29.8 Å². The maximum Gasteiger partial charge on any atom is 0.257 e. The van der Waals surface area contributed by atoms with Crippen LogP contribution >= 0.6 is 11.6 Å². The summed E-state index contributed by atoms with van der Waals surface area (Å²) in [6.07, 6.45) is 4.83. The van der Waals surface area contributed by atoms with Gasteiger partial charge in [0, 0.05) is 18.8 Å². The van der Waals surface area contributed by atoms with E-state index < -0.39 is 0 Å². The van der Waals surface area contributed by atoms with Crippen LogP contribution in [0, 0.1) is 6.92 Å². The molecule has 1 fully saturated rings. The second-order valence-electron chi connectivity index (χ2n) is 6.86. The first-order valence-electron chi connectivity index (χ1n) is 8.98. The number of fused-ring (bicyclic) bond motifs is 1. The quantitative estimate of drug-likeness (QED) is 0.673. The molecule has 5 nitrogen and oxygen atoms in total. The molecule has 134 valence electrons. The molecular formula is C20H21ClN4O. The van der Waals surface area contributed by atoms with Crippen molar-refractivity contribution < 1.29 is 4.79 Å². The molecule has 1 aliphatic heterocycles. The summed E-state index contributed by atoms with van der Waals surface area (Å²) in [5.74, 6) is -0.0385. The lowest BCUT2D eigenvalue weighted by Gasteiger charge is -2.33. The van der Waals surface area contributed by atoms with Crippen molar-refractivity contribution in [1.29, 1.82) is 0 Å². The van der Waals surface area contributed by atoms with Gasteiger partial charge in [-0.05, 0) is 45.2 Å². The van der Waals surface area contributed by atoms with Crippen LogP contribution in [0.4, 0.5) is 0 Å². The first-order chi connectivity index (χ1) is 12.6. The number of amides is 1. The van der Waals surface area contributed by atoms with E-state index in [1.807, 2.05) is 42.2 Å². The third-order valence-electron chi connectivity index (χ3n) is 5.10. The number of halogens is 1. The normalized spacial score (nSPS) is 17.7. The first-order valence-corrected chi connectivity index (χ1v) is 9.36. The minimum atomic E-state index is -0.0385. The molecule has 0 N–H and O–H groups in total. The Morgan fingerprint density at radius 1 is 1.23 bits per heavy atom. The number of rotatable bonds is 2. The molecule has 3 heterocycles. The average molecular weight is 369 g/mol. The molecule has 1 aliphatic rings. The fourth-order valence-corrected chi connectivity index (χ4v) is 4.01. The van der Waals surface area contributed by atoms with E-state index in [-0.39, 0.29) is 11.9 Å². The summed E-state index contributed by atoms with van der Waals surface area (Å²) < 4.78 is 1.77. The first kappa shape index (κ1) is 17.0. The number of carbonyl (C=O) groups excluding carboxylic acids is 1. The van der Waals surface area contributed by atoms with Crippen molar-refractivity contribution in [2.24, 2.45) is 0 Å². The number of aryl methyl sites for hydroxylation is 1. The molecule has 3 aromatic rings. The number of carbonyl (C=O) groups is 1. The van der Waals surface area contributed by atoms with Crippen molar-refractivity contribution in [2.45, 2.75) is 39.2 Å². The predicted molar refractivity (Wildman–Crippen MR) is 103 cm³/mol. The van der Waals surface area contributed by atoms with Crippen LogP contribution in [0.3, 0.4) is 0 Å². The number of para-hydroxylation sites is 1. The van der Waals surface area contributed by atoms with Crippen molar-refractivity contribution >= 4 is 28.5 Å². The maximum atomic E-state index is 13.0. The van der Waals surface area contributed by atoms with E-state index in [2.05, 4.69) is 17.0 Å². The van der Waals surface area contributed by atoms with Crippen LogP contribution in [0.5, 0.6) is 0 Å². The molecule has 0 spiro atoms. The smallest absolute Gasteiger partial charge is 0.257 e. The molecule has 1 atom stereocenters. The van der Waals surface area contributed by atoms with Gasteiger partial charge in [-0.2, -0.15) is 5.10 Å². The van der Waals surface area contributed by atoms with Gasteiger partial charge in [-0.15, -0.1) is 0 Å². The van der Waals surface area contributed by atoms with E-state index >= 15 is 0 Å². The van der Waals surface area contributed by atoms with Crippen LogP contribution in [0.25, 0.3) is 16.7 Å². The van der Waals surface area contributed by atoms with Gasteiger partial charge in [0.05, 0.1) is 27.4 Å². The summed E-state index contributed by atoms with van der Waals surface area (Å²) in [7, 11) is 0. The molecule has 0 radical (unpaired) electrons. The Balaban J connectivity index is 1.81. The standard InChI is InChI=1S/C20H21ClN4O/c1-13-8-6-7-11-24(13)20(26)16-12-22-19-17(18(16)21)14(2)23-25(19)15-9-4-3-5-10-15/h3-5,9-10,12-13H,6-8,11H2,1-2H3/t13-/m1/s1. The van der Waals surface area contributed by atoms with Gasteiger partial charge >= 0.3 is 0 Å². The van der Waals surface area contributed by atoms with Crippen molar-refractivity contribution in [3.05, 3.63) is 52.8 Å². The Bertz CT molecular complexity index is 967. The number of likely N-dealkylation sites (tertiary alicyclic amines) is 1. The maximum absolute atomic E-state index is 13.0. The molecule has 1 amide bonds.